The van der Waals surface area contributed by atoms with E-state index in [0.717, 1.165) is 10.6 Å². The van der Waals surface area contributed by atoms with Gasteiger partial charge in [0, 0.05) is 11.6 Å². The lowest BCUT2D eigenvalue weighted by molar-refractivity contribution is -0.119. The van der Waals surface area contributed by atoms with E-state index >= 15 is 0 Å². The van der Waals surface area contributed by atoms with Crippen LogP contribution in [0.1, 0.15) is 17.3 Å². The number of nitrogens with zero attached hydrogens (tertiary/aromatic N) is 1. The molecule has 0 saturated heterocycles. The van der Waals surface area contributed by atoms with Crippen LogP contribution in [0, 0.1) is 0 Å². The molecule has 1 N–H and O–H groups in total. The number of sulfonamides is 1. The van der Waals surface area contributed by atoms with Gasteiger partial charge in [0.15, 0.2) is 5.78 Å². The Balaban J connectivity index is 1.95. The zero-order chi connectivity index (χ0) is 21.4. The number of methoxy groups -OCH3 is 1. The lowest BCUT2D eigenvalue weighted by Gasteiger charge is -2.22. The number of nitrogens with one attached hydrogen (secondary N) is 1. The van der Waals surface area contributed by atoms with Gasteiger partial charge >= 0.3 is 0 Å². The molecule has 0 spiro atoms. The zero-order valence-corrected chi connectivity index (χ0v) is 17.4. The molecule has 0 heterocycles. The summed E-state index contributed by atoms with van der Waals surface area (Å²) >= 11 is 0. The number of hydrogen-bond acceptors (Lipinski definition) is 6. The molecule has 8 nitrogen and oxygen atoms in total. The summed E-state index contributed by atoms with van der Waals surface area (Å²) in [5.41, 5.74) is 0.617. The minimum absolute atomic E-state index is 0.195. The third-order valence-electron chi connectivity index (χ3n) is 3.96. The molecule has 0 aromatic heterocycles. The van der Waals surface area contributed by atoms with Crippen LogP contribution in [0.3, 0.4) is 0 Å². The Labute approximate surface area is 170 Å². The fourth-order valence-corrected chi connectivity index (χ4v) is 3.36. The molecular weight excluding hydrogens is 396 g/mol. The molecule has 0 fully saturated rings. The van der Waals surface area contributed by atoms with Gasteiger partial charge in [0.1, 0.15) is 24.7 Å². The first-order valence-corrected chi connectivity index (χ1v) is 10.7. The number of carbonyl (C=O) groups is 2. The maximum absolute atomic E-state index is 12.2. The van der Waals surface area contributed by atoms with E-state index in [9.17, 15) is 18.0 Å². The molecule has 0 aliphatic heterocycles. The lowest BCUT2D eigenvalue weighted by atomic mass is 10.1. The minimum Gasteiger partial charge on any atom is -0.497 e. The Hall–Kier alpha value is -3.07. The van der Waals surface area contributed by atoms with Gasteiger partial charge in [-0.2, -0.15) is 0 Å². The Morgan fingerprint density at radius 2 is 1.76 bits per heavy atom. The van der Waals surface area contributed by atoms with Crippen molar-refractivity contribution in [3.8, 4) is 11.5 Å². The van der Waals surface area contributed by atoms with Crippen LogP contribution in [0.15, 0.2) is 48.5 Å². The zero-order valence-electron chi connectivity index (χ0n) is 16.5. The largest absolute Gasteiger partial charge is 0.497 e. The number of carbonyl (C=O) groups excluding carboxylic acids is 2. The van der Waals surface area contributed by atoms with Crippen molar-refractivity contribution in [2.24, 2.45) is 0 Å². The van der Waals surface area contributed by atoms with Gasteiger partial charge in [-0.15, -0.1) is 0 Å². The molecule has 0 aliphatic carbocycles. The van der Waals surface area contributed by atoms with E-state index in [2.05, 4.69) is 5.32 Å². The number of ether oxygens (including phenoxy) is 2. The highest BCUT2D eigenvalue weighted by Crippen LogP contribution is 2.20. The van der Waals surface area contributed by atoms with Gasteiger partial charge in [-0.05, 0) is 31.2 Å². The number of benzene rings is 2. The van der Waals surface area contributed by atoms with Gasteiger partial charge in [-0.3, -0.25) is 13.9 Å². The molecule has 0 radical (unpaired) electrons. The van der Waals surface area contributed by atoms with Crippen LogP contribution >= 0.6 is 0 Å². The number of amides is 1. The molecule has 0 aliphatic rings. The van der Waals surface area contributed by atoms with E-state index < -0.39 is 22.5 Å². The minimum atomic E-state index is -3.72. The molecule has 156 valence electrons. The van der Waals surface area contributed by atoms with Gasteiger partial charge in [-0.25, -0.2) is 8.42 Å². The number of hydrogen-bond donors (Lipinski definition) is 1. The summed E-state index contributed by atoms with van der Waals surface area (Å²) in [5, 5.41) is 2.62. The second-order valence-electron chi connectivity index (χ2n) is 6.25. The molecule has 2 aromatic rings. The summed E-state index contributed by atoms with van der Waals surface area (Å²) < 4.78 is 35.9. The average Bonchev–Trinajstić information content (AvgIpc) is 2.68. The molecule has 29 heavy (non-hydrogen) atoms. The first-order chi connectivity index (χ1) is 13.7. The molecule has 1 amide bonds. The summed E-state index contributed by atoms with van der Waals surface area (Å²) in [6.07, 6.45) is 1.01. The van der Waals surface area contributed by atoms with E-state index in [1.54, 1.807) is 43.5 Å². The Kier molecular flexibility index (Phi) is 7.60. The highest BCUT2D eigenvalue weighted by molar-refractivity contribution is 7.92. The standard InChI is InChI=1S/C20H24N2O6S/c1-15(23)16-6-4-7-17(12-16)22(29(3,25)26)14-20(24)21-10-11-28-19-9-5-8-18(13-19)27-2/h4-9,12-13H,10-11,14H2,1-3H3,(H,21,24). The second-order valence-corrected chi connectivity index (χ2v) is 8.16. The Morgan fingerprint density at radius 1 is 1.07 bits per heavy atom. The van der Waals surface area contributed by atoms with Crippen molar-refractivity contribution in [2.75, 3.05) is 37.4 Å². The van der Waals surface area contributed by atoms with Crippen LogP contribution < -0.4 is 19.1 Å². The van der Waals surface area contributed by atoms with Crippen molar-refractivity contribution in [1.82, 2.24) is 5.32 Å². The Morgan fingerprint density at radius 3 is 2.41 bits per heavy atom. The smallest absolute Gasteiger partial charge is 0.240 e. The monoisotopic (exact) mass is 420 g/mol. The van der Waals surface area contributed by atoms with Crippen molar-refractivity contribution in [3.05, 3.63) is 54.1 Å². The molecule has 0 unspecified atom stereocenters. The average molecular weight is 420 g/mol. The molecule has 0 bridgehead atoms. The number of Topliss-reactive ketones (excluding diaryl/α,β-unsaturated/α-hetero) is 1. The predicted molar refractivity (Wildman–Crippen MR) is 110 cm³/mol. The van der Waals surface area contributed by atoms with E-state index in [0.29, 0.717) is 17.1 Å². The van der Waals surface area contributed by atoms with Crippen molar-refractivity contribution in [1.29, 1.82) is 0 Å². The number of ketones is 1. The molecule has 2 rings (SSSR count). The first-order valence-electron chi connectivity index (χ1n) is 8.83. The third kappa shape index (κ3) is 6.79. The van der Waals surface area contributed by atoms with Gasteiger partial charge in [0.25, 0.3) is 0 Å². The molecular formula is C20H24N2O6S. The van der Waals surface area contributed by atoms with E-state index in [1.807, 2.05) is 0 Å². The van der Waals surface area contributed by atoms with Gasteiger partial charge in [0.05, 0.1) is 25.6 Å². The summed E-state index contributed by atoms with van der Waals surface area (Å²) in [4.78, 5) is 23.8. The molecule has 0 saturated carbocycles. The topological polar surface area (TPSA) is 102 Å². The Bertz CT molecular complexity index is 974. The van der Waals surface area contributed by atoms with E-state index in [4.69, 9.17) is 9.47 Å². The fraction of sp³-hybridized carbons (Fsp3) is 0.300. The maximum Gasteiger partial charge on any atom is 0.240 e. The van der Waals surface area contributed by atoms with Crippen LogP contribution in [0.5, 0.6) is 11.5 Å². The van der Waals surface area contributed by atoms with Gasteiger partial charge < -0.3 is 14.8 Å². The second kappa shape index (κ2) is 9.92. The van der Waals surface area contributed by atoms with Crippen LogP contribution in [0.4, 0.5) is 5.69 Å². The summed E-state index contributed by atoms with van der Waals surface area (Å²) in [7, 11) is -2.17. The van der Waals surface area contributed by atoms with Crippen molar-refractivity contribution < 1.29 is 27.5 Å². The van der Waals surface area contributed by atoms with Gasteiger partial charge in [-0.1, -0.05) is 18.2 Å². The highest BCUT2D eigenvalue weighted by Gasteiger charge is 2.21. The predicted octanol–water partition coefficient (Wildman–Crippen LogP) is 1.86. The summed E-state index contributed by atoms with van der Waals surface area (Å²) in [6.45, 7) is 1.39. The lowest BCUT2D eigenvalue weighted by Crippen LogP contribution is -2.41. The van der Waals surface area contributed by atoms with Crippen LogP contribution in [0.25, 0.3) is 0 Å². The fourth-order valence-electron chi connectivity index (χ4n) is 2.52. The highest BCUT2D eigenvalue weighted by atomic mass is 32.2. The normalized spacial score (nSPS) is 10.9. The number of rotatable bonds is 10. The van der Waals surface area contributed by atoms with E-state index in [-0.39, 0.29) is 24.6 Å². The van der Waals surface area contributed by atoms with E-state index in [1.165, 1.54) is 19.1 Å². The van der Waals surface area contributed by atoms with Crippen molar-refractivity contribution >= 4 is 27.4 Å². The quantitative estimate of drug-likeness (QED) is 0.465. The summed E-state index contributed by atoms with van der Waals surface area (Å²) in [5.74, 6) is 0.567. The SMILES string of the molecule is COc1cccc(OCCNC(=O)CN(c2cccc(C(C)=O)c2)S(C)(=O)=O)c1. The first kappa shape index (κ1) is 22.2. The van der Waals surface area contributed by atoms with Crippen LogP contribution in [-0.4, -0.2) is 53.2 Å². The molecule has 2 aromatic carbocycles. The van der Waals surface area contributed by atoms with Crippen LogP contribution in [-0.2, 0) is 14.8 Å². The van der Waals surface area contributed by atoms with Gasteiger partial charge in [0.2, 0.25) is 15.9 Å². The molecule has 0 atom stereocenters. The summed E-state index contributed by atoms with van der Waals surface area (Å²) in [6, 6.07) is 13.2. The van der Waals surface area contributed by atoms with Crippen molar-refractivity contribution in [2.45, 2.75) is 6.92 Å². The molecule has 9 heteroatoms. The maximum atomic E-state index is 12.2. The third-order valence-corrected chi connectivity index (χ3v) is 5.10. The van der Waals surface area contributed by atoms with Crippen LogP contribution in [0.2, 0.25) is 0 Å². The van der Waals surface area contributed by atoms with Crippen molar-refractivity contribution in [3.63, 3.8) is 0 Å². The number of anilines is 1.